The van der Waals surface area contributed by atoms with E-state index in [4.69, 9.17) is 15.2 Å². The van der Waals surface area contributed by atoms with Crippen LogP contribution < -0.4 is 15.2 Å². The number of nitrogens with two attached hydrogens (primary N) is 1. The minimum absolute atomic E-state index is 0.0245. The van der Waals surface area contributed by atoms with Gasteiger partial charge in [-0.15, -0.1) is 5.10 Å². The van der Waals surface area contributed by atoms with Gasteiger partial charge in [0.25, 0.3) is 0 Å². The van der Waals surface area contributed by atoms with E-state index in [1.54, 1.807) is 30.5 Å². The van der Waals surface area contributed by atoms with E-state index >= 15 is 0 Å². The van der Waals surface area contributed by atoms with Gasteiger partial charge in [0.05, 0.1) is 6.10 Å². The predicted octanol–water partition coefficient (Wildman–Crippen LogP) is 2.04. The lowest BCUT2D eigenvalue weighted by Gasteiger charge is -2.16. The van der Waals surface area contributed by atoms with E-state index in [-0.39, 0.29) is 12.7 Å². The summed E-state index contributed by atoms with van der Waals surface area (Å²) in [6, 6.07) is 6.82. The Morgan fingerprint density at radius 3 is 2.76 bits per heavy atom. The molecule has 0 bridgehead atoms. The summed E-state index contributed by atoms with van der Waals surface area (Å²) in [6.07, 6.45) is 1.62. The zero-order valence-corrected chi connectivity index (χ0v) is 12.7. The van der Waals surface area contributed by atoms with Gasteiger partial charge in [0.15, 0.2) is 0 Å². The highest BCUT2D eigenvalue weighted by molar-refractivity contribution is 7.78. The van der Waals surface area contributed by atoms with Crippen LogP contribution in [-0.4, -0.2) is 21.2 Å². The molecule has 0 fully saturated rings. The summed E-state index contributed by atoms with van der Waals surface area (Å²) in [7, 11) is 0. The fraction of sp³-hybridized carbons (Fsp3) is 0.286. The van der Waals surface area contributed by atoms with E-state index in [2.05, 4.69) is 17.9 Å². The van der Waals surface area contributed by atoms with E-state index in [0.717, 1.165) is 0 Å². The van der Waals surface area contributed by atoms with Crippen LogP contribution >= 0.6 is 12.8 Å². The summed E-state index contributed by atoms with van der Waals surface area (Å²) in [5, 5.41) is 3.99. The van der Waals surface area contributed by atoms with Crippen molar-refractivity contribution in [3.05, 3.63) is 41.6 Å². The molecule has 0 unspecified atom stereocenters. The molecule has 0 spiro atoms. The average Bonchev–Trinajstić information content (AvgIpc) is 2.82. The first kappa shape index (κ1) is 15.2. The van der Waals surface area contributed by atoms with Gasteiger partial charge in [0, 0.05) is 23.4 Å². The van der Waals surface area contributed by atoms with E-state index in [0.29, 0.717) is 22.8 Å². The maximum Gasteiger partial charge on any atom is 0.249 e. The molecule has 0 saturated heterocycles. The molecule has 0 aliphatic carbocycles. The largest absolute Gasteiger partial charge is 0.491 e. The zero-order chi connectivity index (χ0) is 15.4. The van der Waals surface area contributed by atoms with E-state index in [1.807, 2.05) is 13.8 Å². The Labute approximate surface area is 128 Å². The molecule has 6 nitrogen and oxygen atoms in total. The van der Waals surface area contributed by atoms with Crippen LogP contribution in [0, 0.1) is 0 Å². The van der Waals surface area contributed by atoms with Gasteiger partial charge in [-0.05, 0) is 38.8 Å². The van der Waals surface area contributed by atoms with Gasteiger partial charge < -0.3 is 15.2 Å². The lowest BCUT2D eigenvalue weighted by molar-refractivity contribution is 0.0996. The second kappa shape index (κ2) is 6.53. The molecule has 1 aromatic carbocycles. The highest BCUT2D eigenvalue weighted by atomic mass is 32.1. The van der Waals surface area contributed by atoms with Crippen LogP contribution in [0.4, 0.5) is 0 Å². The Hall–Kier alpha value is -2.15. The summed E-state index contributed by atoms with van der Waals surface area (Å²) in [5.74, 6) is 0.453. The monoisotopic (exact) mass is 307 g/mol. The zero-order valence-electron chi connectivity index (χ0n) is 11.8. The second-order valence-electron chi connectivity index (χ2n) is 4.68. The molecule has 1 heterocycles. The standard InChI is InChI=1S/C14H17N3O3S/c1-9(2)20-12-5-3-4-10(14(15)18)11(12)8-19-13-6-7-17(21)16-13/h3-7,9,21H,8H2,1-2H3,(H2,15,18). The number of carbonyl (C=O) groups is 1. The number of nitrogens with zero attached hydrogens (tertiary/aromatic N) is 2. The minimum Gasteiger partial charge on any atom is -0.491 e. The van der Waals surface area contributed by atoms with Gasteiger partial charge in [-0.2, -0.15) is 0 Å². The van der Waals surface area contributed by atoms with Crippen LogP contribution in [0.2, 0.25) is 0 Å². The fourth-order valence-corrected chi connectivity index (χ4v) is 1.99. The number of amides is 1. The maximum atomic E-state index is 11.6. The lowest BCUT2D eigenvalue weighted by atomic mass is 10.1. The number of carbonyl (C=O) groups excluding carboxylic acids is 1. The van der Waals surface area contributed by atoms with Gasteiger partial charge in [0.1, 0.15) is 12.4 Å². The van der Waals surface area contributed by atoms with Crippen LogP contribution in [-0.2, 0) is 6.61 Å². The van der Waals surface area contributed by atoms with Crippen molar-refractivity contribution in [3.63, 3.8) is 0 Å². The number of hydrogen-bond acceptors (Lipinski definition) is 5. The lowest BCUT2D eigenvalue weighted by Crippen LogP contribution is -2.17. The quantitative estimate of drug-likeness (QED) is 0.800. The SMILES string of the molecule is CC(C)Oc1cccc(C(N)=O)c1COc1ccn(S)n1. The van der Waals surface area contributed by atoms with Crippen LogP contribution in [0.5, 0.6) is 11.6 Å². The number of ether oxygens (including phenoxy) is 2. The molecule has 7 heteroatoms. The molecule has 0 saturated carbocycles. The van der Waals surface area contributed by atoms with Gasteiger partial charge >= 0.3 is 0 Å². The number of benzene rings is 1. The van der Waals surface area contributed by atoms with Crippen molar-refractivity contribution >= 4 is 18.7 Å². The van der Waals surface area contributed by atoms with E-state index in [1.165, 1.54) is 4.09 Å². The van der Waals surface area contributed by atoms with Crippen molar-refractivity contribution in [2.24, 2.45) is 5.73 Å². The predicted molar refractivity (Wildman–Crippen MR) is 81.7 cm³/mol. The van der Waals surface area contributed by atoms with Gasteiger partial charge in [-0.25, -0.2) is 4.09 Å². The third-order valence-corrected chi connectivity index (χ3v) is 2.90. The molecular weight excluding hydrogens is 290 g/mol. The topological polar surface area (TPSA) is 79.4 Å². The second-order valence-corrected chi connectivity index (χ2v) is 5.09. The number of rotatable bonds is 6. The molecule has 0 radical (unpaired) electrons. The van der Waals surface area contributed by atoms with Crippen LogP contribution in [0.3, 0.4) is 0 Å². The Bertz CT molecular complexity index is 640. The van der Waals surface area contributed by atoms with Crippen molar-refractivity contribution in [2.75, 3.05) is 0 Å². The third kappa shape index (κ3) is 3.91. The fourth-order valence-electron chi connectivity index (χ4n) is 1.83. The van der Waals surface area contributed by atoms with Gasteiger partial charge in [-0.1, -0.05) is 6.07 Å². The Morgan fingerprint density at radius 2 is 2.19 bits per heavy atom. The highest BCUT2D eigenvalue weighted by Gasteiger charge is 2.15. The molecule has 0 atom stereocenters. The Kier molecular flexibility index (Phi) is 4.74. The van der Waals surface area contributed by atoms with Crippen molar-refractivity contribution in [1.29, 1.82) is 0 Å². The summed E-state index contributed by atoms with van der Waals surface area (Å²) < 4.78 is 12.6. The summed E-state index contributed by atoms with van der Waals surface area (Å²) in [4.78, 5) is 11.6. The molecule has 21 heavy (non-hydrogen) atoms. The van der Waals surface area contributed by atoms with Crippen molar-refractivity contribution in [1.82, 2.24) is 9.19 Å². The Morgan fingerprint density at radius 1 is 1.43 bits per heavy atom. The smallest absolute Gasteiger partial charge is 0.249 e. The third-order valence-electron chi connectivity index (χ3n) is 2.68. The van der Waals surface area contributed by atoms with Crippen LogP contribution in [0.25, 0.3) is 0 Å². The average molecular weight is 307 g/mol. The van der Waals surface area contributed by atoms with E-state index in [9.17, 15) is 4.79 Å². The molecule has 1 amide bonds. The molecule has 112 valence electrons. The van der Waals surface area contributed by atoms with Crippen molar-refractivity contribution in [3.8, 4) is 11.6 Å². The summed E-state index contributed by atoms with van der Waals surface area (Å²) in [6.45, 7) is 3.94. The number of hydrogen-bond donors (Lipinski definition) is 2. The minimum atomic E-state index is -0.525. The molecule has 0 aliphatic rings. The first-order valence-electron chi connectivity index (χ1n) is 6.43. The number of thiol groups is 1. The molecule has 0 aliphatic heterocycles. The van der Waals surface area contributed by atoms with Crippen LogP contribution in [0.15, 0.2) is 30.5 Å². The maximum absolute atomic E-state index is 11.6. The first-order valence-corrected chi connectivity index (χ1v) is 6.83. The Balaban J connectivity index is 2.27. The van der Waals surface area contributed by atoms with Crippen molar-refractivity contribution < 1.29 is 14.3 Å². The van der Waals surface area contributed by atoms with Gasteiger partial charge in [0.2, 0.25) is 11.8 Å². The normalized spacial score (nSPS) is 10.7. The molecule has 1 aromatic heterocycles. The summed E-state index contributed by atoms with van der Waals surface area (Å²) >= 11 is 4.03. The molecular formula is C14H17N3O3S. The molecule has 2 rings (SSSR count). The molecule has 2 N–H and O–H groups in total. The van der Waals surface area contributed by atoms with Gasteiger partial charge in [-0.3, -0.25) is 4.79 Å². The van der Waals surface area contributed by atoms with E-state index < -0.39 is 5.91 Å². The van der Waals surface area contributed by atoms with Crippen molar-refractivity contribution in [2.45, 2.75) is 26.6 Å². The summed E-state index contributed by atoms with van der Waals surface area (Å²) in [5.41, 5.74) is 6.38. The number of aromatic nitrogens is 2. The highest BCUT2D eigenvalue weighted by Crippen LogP contribution is 2.25. The molecule has 2 aromatic rings. The van der Waals surface area contributed by atoms with Crippen LogP contribution in [0.1, 0.15) is 29.8 Å². The number of primary amides is 1. The first-order chi connectivity index (χ1) is 9.97.